The van der Waals surface area contributed by atoms with Crippen LogP contribution in [0.2, 0.25) is 5.02 Å². The zero-order valence-corrected chi connectivity index (χ0v) is 10.9. The third-order valence-electron chi connectivity index (χ3n) is 3.59. The van der Waals surface area contributed by atoms with E-state index in [1.54, 1.807) is 6.07 Å². The van der Waals surface area contributed by atoms with Gasteiger partial charge in [0.1, 0.15) is 5.82 Å². The lowest BCUT2D eigenvalue weighted by molar-refractivity contribution is 0.372. The van der Waals surface area contributed by atoms with E-state index in [9.17, 15) is 4.39 Å². The standard InChI is InChI=1S/C15H18ClF/c1-2-4-11-5-3-6-12(9-11)13-7-8-15(17)14(16)10-13/h2,4,7-8,10-12H,3,5-6,9H2,1H3. The summed E-state index contributed by atoms with van der Waals surface area (Å²) >= 11 is 5.84. The van der Waals surface area contributed by atoms with Gasteiger partial charge in [0.15, 0.2) is 0 Å². The zero-order chi connectivity index (χ0) is 12.3. The van der Waals surface area contributed by atoms with Gasteiger partial charge in [-0.05, 0) is 55.7 Å². The number of allylic oxidation sites excluding steroid dienone is 2. The molecule has 1 aromatic carbocycles. The Morgan fingerprint density at radius 2 is 2.18 bits per heavy atom. The van der Waals surface area contributed by atoms with E-state index in [-0.39, 0.29) is 10.8 Å². The predicted octanol–water partition coefficient (Wildman–Crippen LogP) is 5.33. The van der Waals surface area contributed by atoms with Gasteiger partial charge in [0.25, 0.3) is 0 Å². The van der Waals surface area contributed by atoms with Crippen LogP contribution in [0, 0.1) is 11.7 Å². The van der Waals surface area contributed by atoms with Crippen molar-refractivity contribution in [3.05, 3.63) is 46.8 Å². The van der Waals surface area contributed by atoms with Crippen molar-refractivity contribution in [1.82, 2.24) is 0 Å². The molecule has 0 spiro atoms. The average Bonchev–Trinajstić information content (AvgIpc) is 2.33. The molecule has 0 amide bonds. The SMILES string of the molecule is CC=CC1CCCC(c2ccc(F)c(Cl)c2)C1. The summed E-state index contributed by atoms with van der Waals surface area (Å²) in [5.41, 5.74) is 1.19. The van der Waals surface area contributed by atoms with E-state index in [0.717, 1.165) is 6.42 Å². The molecular formula is C15H18ClF. The van der Waals surface area contributed by atoms with Crippen molar-refractivity contribution in [3.8, 4) is 0 Å². The summed E-state index contributed by atoms with van der Waals surface area (Å²) in [5.74, 6) is 0.877. The fraction of sp³-hybridized carbons (Fsp3) is 0.467. The number of rotatable bonds is 2. The van der Waals surface area contributed by atoms with Crippen LogP contribution < -0.4 is 0 Å². The summed E-state index contributed by atoms with van der Waals surface area (Å²) in [6, 6.07) is 5.15. The minimum absolute atomic E-state index is 0.246. The van der Waals surface area contributed by atoms with Crippen molar-refractivity contribution in [2.75, 3.05) is 0 Å². The smallest absolute Gasteiger partial charge is 0.141 e. The lowest BCUT2D eigenvalue weighted by atomic mass is 9.78. The Balaban J connectivity index is 2.13. The average molecular weight is 253 g/mol. The molecule has 0 radical (unpaired) electrons. The molecule has 0 nitrogen and oxygen atoms in total. The van der Waals surface area contributed by atoms with Gasteiger partial charge in [0.2, 0.25) is 0 Å². The van der Waals surface area contributed by atoms with Gasteiger partial charge in [-0.2, -0.15) is 0 Å². The largest absolute Gasteiger partial charge is 0.205 e. The van der Waals surface area contributed by atoms with E-state index in [4.69, 9.17) is 11.6 Å². The Bertz CT molecular complexity index is 411. The van der Waals surface area contributed by atoms with E-state index in [2.05, 4.69) is 19.1 Å². The summed E-state index contributed by atoms with van der Waals surface area (Å²) in [7, 11) is 0. The second kappa shape index (κ2) is 5.68. The summed E-state index contributed by atoms with van der Waals surface area (Å²) in [4.78, 5) is 0. The van der Waals surface area contributed by atoms with Crippen molar-refractivity contribution >= 4 is 11.6 Å². The molecule has 0 saturated heterocycles. The number of hydrogen-bond acceptors (Lipinski definition) is 0. The second-order valence-corrected chi connectivity index (χ2v) is 5.23. The van der Waals surface area contributed by atoms with Crippen LogP contribution in [0.5, 0.6) is 0 Å². The predicted molar refractivity (Wildman–Crippen MR) is 70.9 cm³/mol. The fourth-order valence-corrected chi connectivity index (χ4v) is 2.93. The highest BCUT2D eigenvalue weighted by atomic mass is 35.5. The first kappa shape index (κ1) is 12.6. The van der Waals surface area contributed by atoms with Crippen molar-refractivity contribution in [2.24, 2.45) is 5.92 Å². The molecule has 0 heterocycles. The van der Waals surface area contributed by atoms with Gasteiger partial charge in [0.05, 0.1) is 5.02 Å². The van der Waals surface area contributed by atoms with E-state index in [1.165, 1.54) is 30.9 Å². The highest BCUT2D eigenvalue weighted by Crippen LogP contribution is 2.37. The molecule has 17 heavy (non-hydrogen) atoms. The molecule has 1 fully saturated rings. The topological polar surface area (TPSA) is 0 Å². The molecule has 1 saturated carbocycles. The molecule has 2 unspecified atom stereocenters. The van der Waals surface area contributed by atoms with Gasteiger partial charge in [0, 0.05) is 0 Å². The van der Waals surface area contributed by atoms with Gasteiger partial charge in [-0.3, -0.25) is 0 Å². The summed E-state index contributed by atoms with van der Waals surface area (Å²) in [6.07, 6.45) is 9.29. The first-order valence-corrected chi connectivity index (χ1v) is 6.66. The molecule has 2 atom stereocenters. The Hall–Kier alpha value is -0.820. The van der Waals surface area contributed by atoms with Gasteiger partial charge >= 0.3 is 0 Å². The first-order chi connectivity index (χ1) is 8.20. The summed E-state index contributed by atoms with van der Waals surface area (Å²) in [5, 5.41) is 0.246. The lowest BCUT2D eigenvalue weighted by Crippen LogP contribution is -2.12. The Kier molecular flexibility index (Phi) is 4.22. The maximum absolute atomic E-state index is 13.1. The molecule has 92 valence electrons. The quantitative estimate of drug-likeness (QED) is 0.624. The molecule has 1 aliphatic carbocycles. The van der Waals surface area contributed by atoms with Crippen LogP contribution in [0.25, 0.3) is 0 Å². The van der Waals surface area contributed by atoms with E-state index in [0.29, 0.717) is 11.8 Å². The fourth-order valence-electron chi connectivity index (χ4n) is 2.74. The Morgan fingerprint density at radius 1 is 1.35 bits per heavy atom. The molecule has 0 aliphatic heterocycles. The highest BCUT2D eigenvalue weighted by molar-refractivity contribution is 6.30. The Morgan fingerprint density at radius 3 is 2.88 bits per heavy atom. The van der Waals surface area contributed by atoms with Crippen molar-refractivity contribution in [2.45, 2.75) is 38.5 Å². The molecular weight excluding hydrogens is 235 g/mol. The van der Waals surface area contributed by atoms with Crippen LogP contribution in [0.15, 0.2) is 30.4 Å². The molecule has 1 aliphatic rings. The number of halogens is 2. The van der Waals surface area contributed by atoms with Crippen LogP contribution >= 0.6 is 11.6 Å². The van der Waals surface area contributed by atoms with E-state index < -0.39 is 0 Å². The highest BCUT2D eigenvalue weighted by Gasteiger charge is 2.21. The van der Waals surface area contributed by atoms with Gasteiger partial charge in [-0.15, -0.1) is 0 Å². The normalized spacial score (nSPS) is 25.4. The minimum Gasteiger partial charge on any atom is -0.205 e. The zero-order valence-electron chi connectivity index (χ0n) is 10.1. The molecule has 2 heteroatoms. The molecule has 0 bridgehead atoms. The minimum atomic E-state index is -0.323. The van der Waals surface area contributed by atoms with Crippen molar-refractivity contribution in [1.29, 1.82) is 0 Å². The molecule has 0 aromatic heterocycles. The molecule has 2 rings (SSSR count). The van der Waals surface area contributed by atoms with Gasteiger partial charge < -0.3 is 0 Å². The van der Waals surface area contributed by atoms with E-state index >= 15 is 0 Å². The number of benzene rings is 1. The second-order valence-electron chi connectivity index (χ2n) is 4.82. The number of hydrogen-bond donors (Lipinski definition) is 0. The molecule has 0 N–H and O–H groups in total. The van der Waals surface area contributed by atoms with Crippen molar-refractivity contribution in [3.63, 3.8) is 0 Å². The van der Waals surface area contributed by atoms with Crippen molar-refractivity contribution < 1.29 is 4.39 Å². The van der Waals surface area contributed by atoms with Crippen LogP contribution in [-0.2, 0) is 0 Å². The van der Waals surface area contributed by atoms with Crippen LogP contribution in [0.3, 0.4) is 0 Å². The van der Waals surface area contributed by atoms with E-state index in [1.807, 2.05) is 6.07 Å². The monoisotopic (exact) mass is 252 g/mol. The lowest BCUT2D eigenvalue weighted by Gasteiger charge is -2.27. The third kappa shape index (κ3) is 3.10. The molecule has 1 aromatic rings. The van der Waals surface area contributed by atoms with Crippen LogP contribution in [0.4, 0.5) is 4.39 Å². The maximum Gasteiger partial charge on any atom is 0.141 e. The third-order valence-corrected chi connectivity index (χ3v) is 3.88. The first-order valence-electron chi connectivity index (χ1n) is 6.28. The van der Waals surface area contributed by atoms with Gasteiger partial charge in [-0.25, -0.2) is 4.39 Å². The maximum atomic E-state index is 13.1. The van der Waals surface area contributed by atoms with Gasteiger partial charge in [-0.1, -0.05) is 36.2 Å². The summed E-state index contributed by atoms with van der Waals surface area (Å²) in [6.45, 7) is 2.07. The van der Waals surface area contributed by atoms with Crippen LogP contribution in [-0.4, -0.2) is 0 Å². The Labute approximate surface area is 107 Å². The summed E-state index contributed by atoms with van der Waals surface area (Å²) < 4.78 is 13.1. The van der Waals surface area contributed by atoms with Crippen LogP contribution in [0.1, 0.15) is 44.1 Å².